The Hall–Kier alpha value is -1.81. The third-order valence-corrected chi connectivity index (χ3v) is 8.84. The Bertz CT molecular complexity index is 1240. The number of aromatic nitrogens is 1. The van der Waals surface area contributed by atoms with E-state index in [0.717, 1.165) is 16.3 Å². The maximum Gasteiger partial charge on any atom is 0.269 e. The summed E-state index contributed by atoms with van der Waals surface area (Å²) in [6.07, 6.45) is 2.03. The highest BCUT2D eigenvalue weighted by molar-refractivity contribution is 8.30. The highest BCUT2D eigenvalue weighted by Gasteiger charge is 2.31. The van der Waals surface area contributed by atoms with Gasteiger partial charge in [0.2, 0.25) is 0 Å². The van der Waals surface area contributed by atoms with Crippen LogP contribution in [0.5, 0.6) is 0 Å². The minimum absolute atomic E-state index is 0.0983. The number of fused-ring (bicyclic) bond motifs is 1. The SMILES string of the molecule is CC(/C=C1\Sc2ccccc2N1C)=c1\s/c(=C2\SC(=S)N(C)C2=O)n(C)c1=O. The number of thiocarbonyl (C=S) groups is 1. The van der Waals surface area contributed by atoms with Crippen molar-refractivity contribution in [3.63, 3.8) is 0 Å². The monoisotopic (exact) mass is 447 g/mol. The molecule has 0 atom stereocenters. The third kappa shape index (κ3) is 3.06. The number of thioether (sulfide) groups is 2. The summed E-state index contributed by atoms with van der Waals surface area (Å²) in [5.74, 6) is -0.157. The fourth-order valence-corrected chi connectivity index (χ4v) is 6.58. The van der Waals surface area contributed by atoms with E-state index in [0.29, 0.717) is 18.4 Å². The smallest absolute Gasteiger partial charge is 0.269 e. The standard InChI is InChI=1S/C19H17N3O2S4/c1-10(9-13-20(2)11-7-5-6-8-12(11)26-13)14-16(23)21(3)18(27-14)15-17(24)22(4)19(25)28-15/h5-9H,1-4H3/b13-9-,14-10+,18-15-. The molecule has 2 aliphatic rings. The van der Waals surface area contributed by atoms with Crippen molar-refractivity contribution in [2.75, 3.05) is 19.0 Å². The van der Waals surface area contributed by atoms with E-state index in [9.17, 15) is 9.59 Å². The molecule has 2 aliphatic heterocycles. The van der Waals surface area contributed by atoms with E-state index in [2.05, 4.69) is 17.0 Å². The predicted octanol–water partition coefficient (Wildman–Crippen LogP) is 2.30. The highest BCUT2D eigenvalue weighted by Crippen LogP contribution is 2.45. The van der Waals surface area contributed by atoms with Crippen LogP contribution in [-0.4, -0.2) is 33.8 Å². The summed E-state index contributed by atoms with van der Waals surface area (Å²) in [7, 11) is 5.38. The molecule has 0 unspecified atom stereocenters. The van der Waals surface area contributed by atoms with E-state index in [1.807, 2.05) is 32.2 Å². The number of hydrogen-bond donors (Lipinski definition) is 0. The van der Waals surface area contributed by atoms with Crippen molar-refractivity contribution in [1.82, 2.24) is 9.47 Å². The molecule has 144 valence electrons. The molecule has 9 heteroatoms. The molecule has 1 saturated heterocycles. The molecule has 1 amide bonds. The molecule has 28 heavy (non-hydrogen) atoms. The van der Waals surface area contributed by atoms with Crippen molar-refractivity contribution >= 4 is 73.5 Å². The Morgan fingerprint density at radius 1 is 1.07 bits per heavy atom. The maximum atomic E-state index is 12.9. The second kappa shape index (κ2) is 7.22. The van der Waals surface area contributed by atoms with Gasteiger partial charge in [0.1, 0.15) is 13.9 Å². The summed E-state index contributed by atoms with van der Waals surface area (Å²) < 4.78 is 3.34. The predicted molar refractivity (Wildman–Crippen MR) is 123 cm³/mol. The molecule has 0 aliphatic carbocycles. The van der Waals surface area contributed by atoms with Crippen LogP contribution in [0.4, 0.5) is 5.69 Å². The normalized spacial score (nSPS) is 21.1. The zero-order valence-corrected chi connectivity index (χ0v) is 18.9. The minimum atomic E-state index is -0.157. The molecule has 0 N–H and O–H groups in total. The van der Waals surface area contributed by atoms with Gasteiger partial charge in [0, 0.05) is 26.0 Å². The van der Waals surface area contributed by atoms with E-state index in [1.54, 1.807) is 30.4 Å². The molecule has 4 rings (SSSR count). The Labute approximate surface area is 180 Å². The number of hydrogen-bond acceptors (Lipinski definition) is 7. The first-order valence-corrected chi connectivity index (χ1v) is 11.3. The first-order chi connectivity index (χ1) is 13.3. The van der Waals surface area contributed by atoms with E-state index < -0.39 is 0 Å². The first-order valence-electron chi connectivity index (χ1n) is 8.43. The second-order valence-electron chi connectivity index (χ2n) is 6.46. The highest BCUT2D eigenvalue weighted by atomic mass is 32.2. The molecule has 1 fully saturated rings. The summed E-state index contributed by atoms with van der Waals surface area (Å²) in [6.45, 7) is 1.94. The van der Waals surface area contributed by atoms with Crippen molar-refractivity contribution in [1.29, 1.82) is 0 Å². The van der Waals surface area contributed by atoms with Crippen molar-refractivity contribution in [3.05, 3.63) is 54.9 Å². The summed E-state index contributed by atoms with van der Waals surface area (Å²) in [4.78, 5) is 30.6. The number of amides is 1. The number of para-hydroxylation sites is 1. The van der Waals surface area contributed by atoms with Crippen molar-refractivity contribution in [2.45, 2.75) is 11.8 Å². The topological polar surface area (TPSA) is 45.5 Å². The van der Waals surface area contributed by atoms with Crippen LogP contribution in [0.25, 0.3) is 10.5 Å². The molecule has 0 spiro atoms. The van der Waals surface area contributed by atoms with Gasteiger partial charge in [0.15, 0.2) is 0 Å². The van der Waals surface area contributed by atoms with Gasteiger partial charge in [-0.15, -0.1) is 11.3 Å². The second-order valence-corrected chi connectivity index (χ2v) is 10.2. The lowest BCUT2D eigenvalue weighted by Crippen LogP contribution is -2.31. The largest absolute Gasteiger partial charge is 0.338 e. The Kier molecular flexibility index (Phi) is 5.03. The summed E-state index contributed by atoms with van der Waals surface area (Å²) >= 11 is 9.49. The molecular weight excluding hydrogens is 430 g/mol. The zero-order valence-electron chi connectivity index (χ0n) is 15.7. The van der Waals surface area contributed by atoms with Gasteiger partial charge in [-0.1, -0.05) is 47.9 Å². The fourth-order valence-electron chi connectivity index (χ4n) is 2.97. The Balaban J connectivity index is 1.85. The Morgan fingerprint density at radius 3 is 2.43 bits per heavy atom. The third-order valence-electron chi connectivity index (χ3n) is 4.63. The molecule has 1 aromatic heterocycles. The number of carbonyl (C=O) groups is 1. The van der Waals surface area contributed by atoms with Crippen molar-refractivity contribution in [3.8, 4) is 0 Å². The lowest BCUT2D eigenvalue weighted by atomic mass is 10.3. The number of carbonyl (C=O) groups excluding carboxylic acids is 1. The summed E-state index contributed by atoms with van der Waals surface area (Å²) in [6, 6.07) is 8.22. The van der Waals surface area contributed by atoms with Crippen LogP contribution >= 0.6 is 47.1 Å². The van der Waals surface area contributed by atoms with Gasteiger partial charge in [0.25, 0.3) is 11.5 Å². The number of nitrogens with zero attached hydrogens (tertiary/aromatic N) is 3. The van der Waals surface area contributed by atoms with Crippen LogP contribution in [0.3, 0.4) is 0 Å². The first kappa shape index (κ1) is 19.5. The molecule has 1 aromatic carbocycles. The summed E-state index contributed by atoms with van der Waals surface area (Å²) in [5, 5.41) is 1.07. The Morgan fingerprint density at radius 2 is 1.79 bits per heavy atom. The number of allylic oxidation sites excluding steroid dienone is 1. The van der Waals surface area contributed by atoms with Gasteiger partial charge in [0.05, 0.1) is 15.2 Å². The van der Waals surface area contributed by atoms with E-state index in [1.165, 1.54) is 32.9 Å². The number of anilines is 1. The van der Waals surface area contributed by atoms with E-state index in [4.69, 9.17) is 12.2 Å². The molecule has 0 radical (unpaired) electrons. The van der Waals surface area contributed by atoms with Crippen molar-refractivity contribution in [2.24, 2.45) is 7.05 Å². The average Bonchev–Trinajstić information content (AvgIpc) is 3.24. The van der Waals surface area contributed by atoms with Crippen LogP contribution in [0.15, 0.2) is 45.1 Å². The fraction of sp³-hybridized carbons (Fsp3) is 0.211. The molecule has 3 heterocycles. The maximum absolute atomic E-state index is 12.9. The molecule has 2 aromatic rings. The quantitative estimate of drug-likeness (QED) is 0.625. The number of rotatable bonds is 1. The average molecular weight is 448 g/mol. The van der Waals surface area contributed by atoms with Crippen LogP contribution in [0.2, 0.25) is 0 Å². The van der Waals surface area contributed by atoms with Crippen LogP contribution in [0.1, 0.15) is 6.92 Å². The van der Waals surface area contributed by atoms with Crippen LogP contribution < -0.4 is 19.7 Å². The van der Waals surface area contributed by atoms with Gasteiger partial charge >= 0.3 is 0 Å². The summed E-state index contributed by atoms with van der Waals surface area (Å²) in [5.41, 5.74) is 1.94. The lowest BCUT2D eigenvalue weighted by Gasteiger charge is -2.13. The van der Waals surface area contributed by atoms with Gasteiger partial charge in [-0.25, -0.2) is 0 Å². The minimum Gasteiger partial charge on any atom is -0.338 e. The van der Waals surface area contributed by atoms with E-state index in [-0.39, 0.29) is 11.5 Å². The number of thiazole rings is 1. The van der Waals surface area contributed by atoms with Gasteiger partial charge < -0.3 is 9.47 Å². The van der Waals surface area contributed by atoms with Gasteiger partial charge in [-0.05, 0) is 30.7 Å². The molecular formula is C19H17N3O2S4. The van der Waals surface area contributed by atoms with Crippen LogP contribution in [-0.2, 0) is 11.8 Å². The van der Waals surface area contributed by atoms with E-state index >= 15 is 0 Å². The van der Waals surface area contributed by atoms with Crippen molar-refractivity contribution < 1.29 is 4.79 Å². The zero-order chi connectivity index (χ0) is 20.2. The van der Waals surface area contributed by atoms with Gasteiger partial charge in [-0.3, -0.25) is 14.5 Å². The molecule has 0 bridgehead atoms. The lowest BCUT2D eigenvalue weighted by molar-refractivity contribution is -0.119. The van der Waals surface area contributed by atoms with Crippen LogP contribution in [0, 0.1) is 0 Å². The molecule has 5 nitrogen and oxygen atoms in total. The molecule has 0 saturated carbocycles. The number of benzene rings is 1. The van der Waals surface area contributed by atoms with Gasteiger partial charge in [-0.2, -0.15) is 0 Å².